The summed E-state index contributed by atoms with van der Waals surface area (Å²) < 4.78 is 34.0. The molecule has 5 heteroatoms. The van der Waals surface area contributed by atoms with E-state index in [1.807, 2.05) is 0 Å². The van der Waals surface area contributed by atoms with E-state index in [0.29, 0.717) is 13.0 Å². The van der Waals surface area contributed by atoms with Crippen LogP contribution >= 0.6 is 0 Å². The van der Waals surface area contributed by atoms with Gasteiger partial charge in [-0.1, -0.05) is 19.4 Å². The summed E-state index contributed by atoms with van der Waals surface area (Å²) in [5.74, 6) is 0. The number of nitrogens with zero attached hydrogens (tertiary/aromatic N) is 1. The van der Waals surface area contributed by atoms with Crippen LogP contribution in [0.1, 0.15) is 39.0 Å². The maximum atomic E-state index is 11.1. The number of unbranched alkanes of at least 4 members (excludes halogenated alkanes) is 2. The quantitative estimate of drug-likeness (QED) is 0.266. The second-order valence-electron chi connectivity index (χ2n) is 5.52. The molecule has 0 fully saturated rings. The van der Waals surface area contributed by atoms with Gasteiger partial charge in [0.25, 0.3) is 0 Å². The fourth-order valence-corrected chi connectivity index (χ4v) is 2.73. The Morgan fingerprint density at radius 2 is 1.89 bits per heavy atom. The average Bonchev–Trinajstić information content (AvgIpc) is 2.22. The minimum Gasteiger partial charge on any atom is -0.748 e. The van der Waals surface area contributed by atoms with Crippen LogP contribution in [-0.2, 0) is 10.1 Å². The Balaban J connectivity index is 4.28. The van der Waals surface area contributed by atoms with Gasteiger partial charge in [0.15, 0.2) is 0 Å². The Morgan fingerprint density at radius 3 is 2.33 bits per heavy atom. The van der Waals surface area contributed by atoms with Crippen LogP contribution in [0.5, 0.6) is 0 Å². The van der Waals surface area contributed by atoms with E-state index in [0.717, 1.165) is 17.4 Å². The van der Waals surface area contributed by atoms with Crippen LogP contribution in [0.2, 0.25) is 0 Å². The maximum absolute atomic E-state index is 11.1. The molecule has 0 amide bonds. The largest absolute Gasteiger partial charge is 0.748 e. The van der Waals surface area contributed by atoms with Crippen LogP contribution in [0.15, 0.2) is 12.7 Å². The van der Waals surface area contributed by atoms with Crippen molar-refractivity contribution in [3.05, 3.63) is 12.7 Å². The fraction of sp³-hybridized carbons (Fsp3) is 0.846. The Hall–Kier alpha value is -0.390. The van der Waals surface area contributed by atoms with Crippen molar-refractivity contribution in [2.75, 3.05) is 27.2 Å². The Labute approximate surface area is 112 Å². The molecule has 0 heterocycles. The molecule has 18 heavy (non-hydrogen) atoms. The second-order valence-corrected chi connectivity index (χ2v) is 7.17. The van der Waals surface area contributed by atoms with E-state index in [1.165, 1.54) is 18.9 Å². The molecular formula is C13H27NO3S. The minimum atomic E-state index is -4.21. The second kappa shape index (κ2) is 7.92. The lowest BCUT2D eigenvalue weighted by atomic mass is 10.2. The van der Waals surface area contributed by atoms with Gasteiger partial charge in [-0.05, 0) is 19.3 Å². The van der Waals surface area contributed by atoms with Crippen molar-refractivity contribution in [3.63, 3.8) is 0 Å². The summed E-state index contributed by atoms with van der Waals surface area (Å²) in [7, 11) is -0.0431. The van der Waals surface area contributed by atoms with Crippen LogP contribution in [-0.4, -0.2) is 49.9 Å². The number of quaternary nitrogens is 1. The predicted molar refractivity (Wildman–Crippen MR) is 74.3 cm³/mol. The van der Waals surface area contributed by atoms with Crippen molar-refractivity contribution < 1.29 is 17.5 Å². The highest BCUT2D eigenvalue weighted by molar-refractivity contribution is 7.86. The third-order valence-corrected chi connectivity index (χ3v) is 4.51. The summed E-state index contributed by atoms with van der Waals surface area (Å²) in [6.45, 7) is 7.40. The van der Waals surface area contributed by atoms with Gasteiger partial charge in [-0.3, -0.25) is 0 Å². The normalized spacial score (nSPS) is 14.4. The van der Waals surface area contributed by atoms with Crippen LogP contribution in [0, 0.1) is 0 Å². The molecule has 0 spiro atoms. The first-order chi connectivity index (χ1) is 8.23. The van der Waals surface area contributed by atoms with Crippen molar-refractivity contribution in [2.24, 2.45) is 0 Å². The monoisotopic (exact) mass is 277 g/mol. The van der Waals surface area contributed by atoms with Gasteiger partial charge in [0.2, 0.25) is 0 Å². The van der Waals surface area contributed by atoms with Crippen LogP contribution < -0.4 is 0 Å². The molecule has 0 radical (unpaired) electrons. The summed E-state index contributed by atoms with van der Waals surface area (Å²) in [5.41, 5.74) is 0. The molecule has 0 N–H and O–H groups in total. The molecule has 0 aliphatic heterocycles. The predicted octanol–water partition coefficient (Wildman–Crippen LogP) is 2.13. The van der Waals surface area contributed by atoms with Crippen molar-refractivity contribution in [3.8, 4) is 0 Å². The first-order valence-electron chi connectivity index (χ1n) is 6.60. The maximum Gasteiger partial charge on any atom is 0.0980 e. The minimum absolute atomic E-state index is 0.251. The SMILES string of the molecule is C=CCC(CC[N+](C)(C)CCCCC)S(=O)(=O)[O-]. The van der Waals surface area contributed by atoms with Crippen LogP contribution in [0.3, 0.4) is 0 Å². The lowest BCUT2D eigenvalue weighted by Gasteiger charge is -2.32. The average molecular weight is 277 g/mol. The van der Waals surface area contributed by atoms with E-state index < -0.39 is 15.4 Å². The molecule has 0 aromatic heterocycles. The molecule has 108 valence electrons. The smallest absolute Gasteiger partial charge is 0.0980 e. The lowest BCUT2D eigenvalue weighted by molar-refractivity contribution is -0.890. The van der Waals surface area contributed by atoms with Gasteiger partial charge in [0.1, 0.15) is 0 Å². The number of rotatable bonds is 10. The summed E-state index contributed by atoms with van der Waals surface area (Å²) in [6.07, 6.45) is 5.68. The molecule has 0 aliphatic rings. The van der Waals surface area contributed by atoms with Gasteiger partial charge in [-0.25, -0.2) is 8.42 Å². The number of allylic oxidation sites excluding steroid dienone is 1. The van der Waals surface area contributed by atoms with Gasteiger partial charge in [0.05, 0.1) is 42.6 Å². The van der Waals surface area contributed by atoms with Crippen molar-refractivity contribution in [1.82, 2.24) is 0 Å². The zero-order valence-corrected chi connectivity index (χ0v) is 12.7. The molecular weight excluding hydrogens is 250 g/mol. The molecule has 0 aromatic carbocycles. The first-order valence-corrected chi connectivity index (χ1v) is 8.07. The summed E-state index contributed by atoms with van der Waals surface area (Å²) in [4.78, 5) is 0. The molecule has 0 aromatic rings. The van der Waals surface area contributed by atoms with Gasteiger partial charge in [-0.15, -0.1) is 6.58 Å². The van der Waals surface area contributed by atoms with Crippen LogP contribution in [0.4, 0.5) is 0 Å². The van der Waals surface area contributed by atoms with Crippen molar-refractivity contribution in [2.45, 2.75) is 44.3 Å². The number of hydrogen-bond donors (Lipinski definition) is 0. The van der Waals surface area contributed by atoms with Gasteiger partial charge < -0.3 is 9.04 Å². The third kappa shape index (κ3) is 7.84. The zero-order chi connectivity index (χ0) is 14.2. The molecule has 4 nitrogen and oxygen atoms in total. The molecule has 1 unspecified atom stereocenters. The fourth-order valence-electron chi connectivity index (χ4n) is 1.96. The third-order valence-electron chi connectivity index (χ3n) is 3.26. The van der Waals surface area contributed by atoms with Gasteiger partial charge >= 0.3 is 0 Å². The van der Waals surface area contributed by atoms with Crippen molar-refractivity contribution >= 4 is 10.1 Å². The van der Waals surface area contributed by atoms with Crippen LogP contribution in [0.25, 0.3) is 0 Å². The molecule has 0 bridgehead atoms. The summed E-state index contributed by atoms with van der Waals surface area (Å²) in [6, 6.07) is 0. The molecule has 0 rings (SSSR count). The summed E-state index contributed by atoms with van der Waals surface area (Å²) in [5, 5.41) is -0.821. The first kappa shape index (κ1) is 17.6. The zero-order valence-electron chi connectivity index (χ0n) is 11.9. The van der Waals surface area contributed by atoms with Crippen molar-refractivity contribution in [1.29, 1.82) is 0 Å². The lowest BCUT2D eigenvalue weighted by Crippen LogP contribution is -2.43. The Bertz CT molecular complexity index is 336. The van der Waals surface area contributed by atoms with E-state index in [4.69, 9.17) is 0 Å². The summed E-state index contributed by atoms with van der Waals surface area (Å²) >= 11 is 0. The highest BCUT2D eigenvalue weighted by Gasteiger charge is 2.21. The number of hydrogen-bond acceptors (Lipinski definition) is 3. The Kier molecular flexibility index (Phi) is 7.75. The molecule has 0 aliphatic carbocycles. The molecule has 0 saturated heterocycles. The molecule has 0 saturated carbocycles. The van der Waals surface area contributed by atoms with E-state index >= 15 is 0 Å². The van der Waals surface area contributed by atoms with E-state index in [1.54, 1.807) is 0 Å². The Morgan fingerprint density at radius 1 is 1.28 bits per heavy atom. The molecule has 1 atom stereocenters. The topological polar surface area (TPSA) is 57.2 Å². The van der Waals surface area contributed by atoms with E-state index in [9.17, 15) is 13.0 Å². The van der Waals surface area contributed by atoms with E-state index in [2.05, 4.69) is 27.6 Å². The van der Waals surface area contributed by atoms with E-state index in [-0.39, 0.29) is 6.42 Å². The van der Waals surface area contributed by atoms with Gasteiger partial charge in [-0.2, -0.15) is 0 Å². The highest BCUT2D eigenvalue weighted by Crippen LogP contribution is 2.13. The standard InChI is InChI=1S/C13H27NO3S/c1-5-7-8-11-14(3,4)12-10-13(9-6-2)18(15,16)17/h6,13H,2,5,7-12H2,1,3-4H3. The van der Waals surface area contributed by atoms with Gasteiger partial charge in [0, 0.05) is 6.42 Å². The highest BCUT2D eigenvalue weighted by atomic mass is 32.2.